The van der Waals surface area contributed by atoms with E-state index in [4.69, 9.17) is 0 Å². The second-order valence-electron chi connectivity index (χ2n) is 9.34. The summed E-state index contributed by atoms with van der Waals surface area (Å²) in [7, 11) is 0. The number of hydrogen-bond donors (Lipinski definition) is 1. The lowest BCUT2D eigenvalue weighted by Gasteiger charge is -2.55. The Morgan fingerprint density at radius 2 is 1.55 bits per heavy atom. The van der Waals surface area contributed by atoms with E-state index in [9.17, 15) is 0 Å². The Labute approximate surface area is 125 Å². The van der Waals surface area contributed by atoms with Gasteiger partial charge >= 0.3 is 0 Å². The van der Waals surface area contributed by atoms with Crippen LogP contribution in [0.15, 0.2) is 0 Å². The molecule has 0 aromatic rings. The first kappa shape index (κ1) is 13.6. The lowest BCUT2D eigenvalue weighted by atomic mass is 9.51. The Hall–Kier alpha value is -0.0400. The molecule has 0 aromatic heterocycles. The third kappa shape index (κ3) is 2.56. The Balaban J connectivity index is 1.33. The third-order valence-corrected chi connectivity index (χ3v) is 7.29. The molecule has 4 bridgehead atoms. The molecular formula is C19H33N. The van der Waals surface area contributed by atoms with Gasteiger partial charge in [0, 0.05) is 5.54 Å². The van der Waals surface area contributed by atoms with Crippen molar-refractivity contribution in [3.63, 3.8) is 0 Å². The van der Waals surface area contributed by atoms with Crippen LogP contribution in [0.25, 0.3) is 0 Å². The SMILES string of the molecule is CC1(C)CC(CCC2C3CC4CC(C3)CC2C4)CCN1. The molecule has 20 heavy (non-hydrogen) atoms. The van der Waals surface area contributed by atoms with Crippen molar-refractivity contribution in [3.05, 3.63) is 0 Å². The normalized spacial score (nSPS) is 49.5. The molecule has 1 unspecified atom stereocenters. The fraction of sp³-hybridized carbons (Fsp3) is 1.00. The molecule has 0 radical (unpaired) electrons. The van der Waals surface area contributed by atoms with E-state index in [1.807, 2.05) is 0 Å². The first-order chi connectivity index (χ1) is 9.59. The molecule has 1 aliphatic heterocycles. The zero-order valence-corrected chi connectivity index (χ0v) is 13.5. The molecule has 5 fully saturated rings. The predicted molar refractivity (Wildman–Crippen MR) is 84.6 cm³/mol. The number of hydrogen-bond acceptors (Lipinski definition) is 1. The Kier molecular flexibility index (Phi) is 3.41. The van der Waals surface area contributed by atoms with E-state index in [0.29, 0.717) is 5.54 Å². The maximum Gasteiger partial charge on any atom is 0.0127 e. The zero-order chi connectivity index (χ0) is 13.7. The Morgan fingerprint density at radius 1 is 0.900 bits per heavy atom. The lowest BCUT2D eigenvalue weighted by Crippen LogP contribution is -2.47. The molecule has 5 rings (SSSR count). The minimum Gasteiger partial charge on any atom is -0.312 e. The predicted octanol–water partition coefficient (Wildman–Crippen LogP) is 4.62. The summed E-state index contributed by atoms with van der Waals surface area (Å²) in [6.07, 6.45) is 13.9. The molecule has 4 aliphatic carbocycles. The van der Waals surface area contributed by atoms with Crippen molar-refractivity contribution in [1.29, 1.82) is 0 Å². The molecule has 0 aromatic carbocycles. The molecular weight excluding hydrogens is 242 g/mol. The van der Waals surface area contributed by atoms with Crippen molar-refractivity contribution >= 4 is 0 Å². The molecule has 1 atom stereocenters. The smallest absolute Gasteiger partial charge is 0.0127 e. The highest BCUT2D eigenvalue weighted by molar-refractivity contribution is 4.98. The molecule has 1 nitrogen and oxygen atoms in total. The number of rotatable bonds is 3. The van der Waals surface area contributed by atoms with Gasteiger partial charge in [0.2, 0.25) is 0 Å². The minimum absolute atomic E-state index is 0.396. The summed E-state index contributed by atoms with van der Waals surface area (Å²) in [6, 6.07) is 0. The minimum atomic E-state index is 0.396. The maximum atomic E-state index is 3.68. The van der Waals surface area contributed by atoms with E-state index < -0.39 is 0 Å². The molecule has 1 N–H and O–H groups in total. The van der Waals surface area contributed by atoms with Gasteiger partial charge in [-0.3, -0.25) is 0 Å². The molecule has 1 saturated heterocycles. The molecule has 1 heteroatoms. The fourth-order valence-corrected chi connectivity index (χ4v) is 6.69. The standard InChI is InChI=1S/C19H33N/c1-19(2)12-13(5-6-20-19)3-4-18-16-8-14-7-15(10-16)11-17(18)9-14/h13-18,20H,3-12H2,1-2H3. The summed E-state index contributed by atoms with van der Waals surface area (Å²) in [6.45, 7) is 6.03. The number of nitrogens with one attached hydrogen (secondary N) is 1. The van der Waals surface area contributed by atoms with Crippen molar-refractivity contribution in [2.45, 2.75) is 77.2 Å². The van der Waals surface area contributed by atoms with Gasteiger partial charge in [-0.1, -0.05) is 6.42 Å². The van der Waals surface area contributed by atoms with E-state index in [-0.39, 0.29) is 0 Å². The third-order valence-electron chi connectivity index (χ3n) is 7.29. The van der Waals surface area contributed by atoms with Crippen LogP contribution in [0, 0.1) is 35.5 Å². The summed E-state index contributed by atoms with van der Waals surface area (Å²) in [4.78, 5) is 0. The van der Waals surface area contributed by atoms with E-state index in [1.165, 1.54) is 25.8 Å². The average molecular weight is 275 g/mol. The van der Waals surface area contributed by atoms with Crippen molar-refractivity contribution in [2.75, 3.05) is 6.54 Å². The molecule has 0 spiro atoms. The van der Waals surface area contributed by atoms with Crippen LogP contribution >= 0.6 is 0 Å². The van der Waals surface area contributed by atoms with Gasteiger partial charge in [-0.15, -0.1) is 0 Å². The van der Waals surface area contributed by atoms with Crippen LogP contribution in [0.5, 0.6) is 0 Å². The number of piperidine rings is 1. The second kappa shape index (κ2) is 5.00. The van der Waals surface area contributed by atoms with E-state index in [2.05, 4.69) is 19.2 Å². The molecule has 0 amide bonds. The Bertz CT molecular complexity index is 331. The van der Waals surface area contributed by atoms with Gasteiger partial charge in [0.1, 0.15) is 0 Å². The summed E-state index contributed by atoms with van der Waals surface area (Å²) in [5.41, 5.74) is 0.396. The first-order valence-corrected chi connectivity index (χ1v) is 9.34. The summed E-state index contributed by atoms with van der Waals surface area (Å²) in [5.74, 6) is 6.70. The molecule has 114 valence electrons. The van der Waals surface area contributed by atoms with E-state index in [0.717, 1.165) is 35.5 Å². The van der Waals surface area contributed by atoms with Gasteiger partial charge in [-0.05, 0) is 107 Å². The van der Waals surface area contributed by atoms with Gasteiger partial charge in [0.15, 0.2) is 0 Å². The summed E-state index contributed by atoms with van der Waals surface area (Å²) in [5, 5.41) is 3.68. The summed E-state index contributed by atoms with van der Waals surface area (Å²) >= 11 is 0. The topological polar surface area (TPSA) is 12.0 Å². The van der Waals surface area contributed by atoms with E-state index in [1.54, 1.807) is 38.5 Å². The van der Waals surface area contributed by atoms with Crippen molar-refractivity contribution < 1.29 is 0 Å². The average Bonchev–Trinajstić information content (AvgIpc) is 2.36. The van der Waals surface area contributed by atoms with Crippen molar-refractivity contribution in [1.82, 2.24) is 5.32 Å². The molecule has 1 heterocycles. The van der Waals surface area contributed by atoms with Crippen LogP contribution in [-0.4, -0.2) is 12.1 Å². The highest BCUT2D eigenvalue weighted by atomic mass is 15.0. The fourth-order valence-electron chi connectivity index (χ4n) is 6.69. The van der Waals surface area contributed by atoms with Crippen LogP contribution in [0.3, 0.4) is 0 Å². The van der Waals surface area contributed by atoms with Gasteiger partial charge in [-0.2, -0.15) is 0 Å². The molecule has 5 aliphatic rings. The Morgan fingerprint density at radius 3 is 2.15 bits per heavy atom. The van der Waals surface area contributed by atoms with Gasteiger partial charge in [0.25, 0.3) is 0 Å². The van der Waals surface area contributed by atoms with Crippen LogP contribution in [0.2, 0.25) is 0 Å². The summed E-state index contributed by atoms with van der Waals surface area (Å²) < 4.78 is 0. The highest BCUT2D eigenvalue weighted by Crippen LogP contribution is 2.57. The van der Waals surface area contributed by atoms with Gasteiger partial charge < -0.3 is 5.32 Å². The van der Waals surface area contributed by atoms with Gasteiger partial charge in [0.05, 0.1) is 0 Å². The second-order valence-corrected chi connectivity index (χ2v) is 9.34. The zero-order valence-electron chi connectivity index (χ0n) is 13.5. The van der Waals surface area contributed by atoms with Crippen LogP contribution in [0.1, 0.15) is 71.6 Å². The van der Waals surface area contributed by atoms with Crippen LogP contribution in [-0.2, 0) is 0 Å². The molecule has 4 saturated carbocycles. The monoisotopic (exact) mass is 275 g/mol. The van der Waals surface area contributed by atoms with Gasteiger partial charge in [-0.25, -0.2) is 0 Å². The quantitative estimate of drug-likeness (QED) is 0.792. The first-order valence-electron chi connectivity index (χ1n) is 9.34. The van der Waals surface area contributed by atoms with Crippen LogP contribution in [0.4, 0.5) is 0 Å². The maximum absolute atomic E-state index is 3.68. The van der Waals surface area contributed by atoms with E-state index >= 15 is 0 Å². The highest BCUT2D eigenvalue weighted by Gasteiger charge is 2.47. The van der Waals surface area contributed by atoms with Crippen molar-refractivity contribution in [3.8, 4) is 0 Å². The largest absolute Gasteiger partial charge is 0.312 e. The van der Waals surface area contributed by atoms with Crippen LogP contribution < -0.4 is 5.32 Å². The lowest BCUT2D eigenvalue weighted by molar-refractivity contribution is -0.0425. The van der Waals surface area contributed by atoms with Crippen molar-refractivity contribution in [2.24, 2.45) is 35.5 Å².